The third kappa shape index (κ3) is 3.55. The van der Waals surface area contributed by atoms with Gasteiger partial charge in [-0.25, -0.2) is 9.58 Å². The van der Waals surface area contributed by atoms with Crippen LogP contribution in [0.1, 0.15) is 13.8 Å². The molecule has 6 heteroatoms. The van der Waals surface area contributed by atoms with E-state index in [1.165, 1.54) is 15.9 Å². The summed E-state index contributed by atoms with van der Waals surface area (Å²) in [5.74, 6) is 0.881. The van der Waals surface area contributed by atoms with Crippen molar-refractivity contribution in [2.75, 3.05) is 42.6 Å². The minimum atomic E-state index is 0.881. The number of methoxy groups -OCH3 is 1. The highest BCUT2D eigenvalue weighted by Gasteiger charge is 2.18. The number of aryl methyl sites for hydroxylation is 1. The molecule has 0 saturated heterocycles. The molecule has 0 unspecified atom stereocenters. The highest BCUT2D eigenvalue weighted by atomic mass is 32.1. The first-order valence-electron chi connectivity index (χ1n) is 8.89. The predicted octanol–water partition coefficient (Wildman–Crippen LogP) is 4.04. The number of rotatable bonds is 7. The van der Waals surface area contributed by atoms with E-state index in [0.29, 0.717) is 0 Å². The summed E-state index contributed by atoms with van der Waals surface area (Å²) in [6.07, 6.45) is 0. The summed E-state index contributed by atoms with van der Waals surface area (Å²) in [6, 6.07) is 14.8. The molecular formula is C20H27N4OS+. The van der Waals surface area contributed by atoms with E-state index in [0.717, 1.165) is 29.7 Å². The maximum atomic E-state index is 5.33. The molecule has 0 saturated carbocycles. The van der Waals surface area contributed by atoms with Crippen molar-refractivity contribution in [2.45, 2.75) is 13.8 Å². The molecule has 26 heavy (non-hydrogen) atoms. The molecule has 0 atom stereocenters. The lowest BCUT2D eigenvalue weighted by molar-refractivity contribution is -0.626. The van der Waals surface area contributed by atoms with E-state index in [2.05, 4.69) is 72.2 Å². The number of anilines is 3. The van der Waals surface area contributed by atoms with Crippen molar-refractivity contribution < 1.29 is 9.30 Å². The molecule has 2 aromatic carbocycles. The Hall–Kier alpha value is -2.47. The number of hydrogen-bond acceptors (Lipinski definition) is 5. The fourth-order valence-electron chi connectivity index (χ4n) is 3.04. The SMILES string of the molecule is CCN(CC)c1ccc(N(C)Nc2sc3cc(OC)ccc3[n+]2C)cc1. The van der Waals surface area contributed by atoms with Crippen LogP contribution in [0.5, 0.6) is 5.75 Å². The number of ether oxygens (including phenoxy) is 1. The third-order valence-electron chi connectivity index (χ3n) is 4.67. The third-order valence-corrected chi connectivity index (χ3v) is 5.77. The minimum absolute atomic E-state index is 0.881. The lowest BCUT2D eigenvalue weighted by Crippen LogP contribution is -2.35. The Morgan fingerprint density at radius 2 is 1.69 bits per heavy atom. The van der Waals surface area contributed by atoms with Crippen molar-refractivity contribution in [2.24, 2.45) is 7.05 Å². The van der Waals surface area contributed by atoms with E-state index in [-0.39, 0.29) is 0 Å². The number of thiazole rings is 1. The zero-order chi connectivity index (χ0) is 18.7. The van der Waals surface area contributed by atoms with E-state index in [1.807, 2.05) is 18.1 Å². The largest absolute Gasteiger partial charge is 0.497 e. The van der Waals surface area contributed by atoms with Crippen LogP contribution in [-0.4, -0.2) is 27.2 Å². The molecule has 0 aliphatic carbocycles. The van der Waals surface area contributed by atoms with Crippen LogP contribution in [0.15, 0.2) is 42.5 Å². The summed E-state index contributed by atoms with van der Waals surface area (Å²) in [5, 5.41) is 3.12. The van der Waals surface area contributed by atoms with Gasteiger partial charge >= 0.3 is 5.13 Å². The summed E-state index contributed by atoms with van der Waals surface area (Å²) < 4.78 is 8.69. The number of aromatic nitrogens is 1. The number of benzene rings is 2. The van der Waals surface area contributed by atoms with Gasteiger partial charge in [0.15, 0.2) is 0 Å². The van der Waals surface area contributed by atoms with Crippen molar-refractivity contribution in [3.05, 3.63) is 42.5 Å². The Morgan fingerprint density at radius 1 is 1.04 bits per heavy atom. The summed E-state index contributed by atoms with van der Waals surface area (Å²) in [4.78, 5) is 2.34. The summed E-state index contributed by atoms with van der Waals surface area (Å²) in [5.41, 5.74) is 7.05. The van der Waals surface area contributed by atoms with Gasteiger partial charge in [0.05, 0.1) is 24.5 Å². The van der Waals surface area contributed by atoms with Crippen LogP contribution in [-0.2, 0) is 7.05 Å². The van der Waals surface area contributed by atoms with Crippen molar-refractivity contribution >= 4 is 38.1 Å². The van der Waals surface area contributed by atoms with E-state index in [1.54, 1.807) is 18.4 Å². The Bertz CT molecular complexity index is 871. The molecule has 3 rings (SSSR count). The first-order valence-corrected chi connectivity index (χ1v) is 9.71. The van der Waals surface area contributed by atoms with Crippen LogP contribution in [0.2, 0.25) is 0 Å². The number of fused-ring (bicyclic) bond motifs is 1. The first kappa shape index (κ1) is 18.3. The van der Waals surface area contributed by atoms with Gasteiger partial charge < -0.3 is 9.64 Å². The molecule has 0 spiro atoms. The van der Waals surface area contributed by atoms with E-state index >= 15 is 0 Å². The average Bonchev–Trinajstić information content (AvgIpc) is 2.98. The van der Waals surface area contributed by atoms with Gasteiger partial charge in [0.1, 0.15) is 11.3 Å². The molecular weight excluding hydrogens is 344 g/mol. The zero-order valence-corrected chi connectivity index (χ0v) is 16.9. The Morgan fingerprint density at radius 3 is 2.31 bits per heavy atom. The van der Waals surface area contributed by atoms with Gasteiger partial charge in [-0.05, 0) is 61.6 Å². The molecule has 0 aliphatic heterocycles. The predicted molar refractivity (Wildman–Crippen MR) is 112 cm³/mol. The minimum Gasteiger partial charge on any atom is -0.497 e. The molecule has 1 heterocycles. The van der Waals surface area contributed by atoms with Crippen LogP contribution in [0.4, 0.5) is 16.5 Å². The van der Waals surface area contributed by atoms with Crippen LogP contribution in [0, 0.1) is 0 Å². The summed E-state index contributed by atoms with van der Waals surface area (Å²) in [6.45, 7) is 6.40. The molecule has 0 aliphatic rings. The number of hydrogen-bond donors (Lipinski definition) is 1. The quantitative estimate of drug-likeness (QED) is 0.502. The highest BCUT2D eigenvalue weighted by molar-refractivity contribution is 7.21. The van der Waals surface area contributed by atoms with Gasteiger partial charge in [-0.1, -0.05) is 0 Å². The van der Waals surface area contributed by atoms with Gasteiger partial charge in [-0.15, -0.1) is 0 Å². The van der Waals surface area contributed by atoms with Crippen molar-refractivity contribution in [3.8, 4) is 5.75 Å². The van der Waals surface area contributed by atoms with E-state index in [9.17, 15) is 0 Å². The van der Waals surface area contributed by atoms with E-state index in [4.69, 9.17) is 4.74 Å². The fourth-order valence-corrected chi connectivity index (χ4v) is 4.15. The second-order valence-corrected chi connectivity index (χ2v) is 7.19. The maximum Gasteiger partial charge on any atom is 0.358 e. The Labute approximate surface area is 159 Å². The van der Waals surface area contributed by atoms with Crippen molar-refractivity contribution in [1.82, 2.24) is 0 Å². The van der Waals surface area contributed by atoms with E-state index < -0.39 is 0 Å². The first-order chi connectivity index (χ1) is 12.6. The molecule has 0 fully saturated rings. The summed E-state index contributed by atoms with van der Waals surface area (Å²) in [7, 11) is 5.81. The van der Waals surface area contributed by atoms with Crippen LogP contribution in [0.3, 0.4) is 0 Å². The van der Waals surface area contributed by atoms with Gasteiger partial charge in [0, 0.05) is 31.9 Å². The molecule has 138 valence electrons. The molecule has 0 amide bonds. The Balaban J connectivity index is 1.80. The topological polar surface area (TPSA) is 31.6 Å². The lowest BCUT2D eigenvalue weighted by Gasteiger charge is -2.22. The molecule has 0 radical (unpaired) electrons. The average molecular weight is 372 g/mol. The van der Waals surface area contributed by atoms with Gasteiger partial charge in [0.2, 0.25) is 0 Å². The smallest absolute Gasteiger partial charge is 0.358 e. The Kier molecular flexibility index (Phi) is 5.52. The molecule has 5 nitrogen and oxygen atoms in total. The van der Waals surface area contributed by atoms with Crippen LogP contribution < -0.4 is 24.6 Å². The molecule has 0 bridgehead atoms. The van der Waals surface area contributed by atoms with Crippen LogP contribution in [0.25, 0.3) is 10.2 Å². The fraction of sp³-hybridized carbons (Fsp3) is 0.350. The van der Waals surface area contributed by atoms with Crippen molar-refractivity contribution in [1.29, 1.82) is 0 Å². The second-order valence-electron chi connectivity index (χ2n) is 6.16. The molecule has 1 N–H and O–H groups in total. The van der Waals surface area contributed by atoms with Gasteiger partial charge in [0.25, 0.3) is 0 Å². The molecule has 3 aromatic rings. The second kappa shape index (κ2) is 7.83. The standard InChI is InChI=1S/C20H26N4OS/c1-6-24(7-2)16-10-8-15(9-11-16)23(4)21-20-22(3)18-13-12-17(25-5)14-19(18)26-20/h8-14H,6-7H2,1-5H3/p+1. The molecule has 1 aromatic heterocycles. The summed E-state index contributed by atoms with van der Waals surface area (Å²) >= 11 is 1.71. The van der Waals surface area contributed by atoms with Gasteiger partial charge in [-0.2, -0.15) is 5.43 Å². The highest BCUT2D eigenvalue weighted by Crippen LogP contribution is 2.28. The van der Waals surface area contributed by atoms with Gasteiger partial charge in [-0.3, -0.25) is 0 Å². The van der Waals surface area contributed by atoms with Crippen LogP contribution >= 0.6 is 11.3 Å². The normalized spacial score (nSPS) is 10.8. The number of nitrogens with zero attached hydrogens (tertiary/aromatic N) is 3. The number of hydrazine groups is 1. The zero-order valence-electron chi connectivity index (χ0n) is 16.1. The maximum absolute atomic E-state index is 5.33. The van der Waals surface area contributed by atoms with Crippen molar-refractivity contribution in [3.63, 3.8) is 0 Å². The number of nitrogens with one attached hydrogen (secondary N) is 1. The lowest BCUT2D eigenvalue weighted by atomic mass is 10.2. The monoisotopic (exact) mass is 371 g/mol.